The van der Waals surface area contributed by atoms with E-state index in [0.29, 0.717) is 11.6 Å². The second kappa shape index (κ2) is 10.4. The van der Waals surface area contributed by atoms with Crippen molar-refractivity contribution in [2.75, 3.05) is 6.61 Å². The fourth-order valence-electron chi connectivity index (χ4n) is 5.53. The van der Waals surface area contributed by atoms with Crippen LogP contribution in [0.5, 0.6) is 0 Å². The molecule has 1 aromatic rings. The number of hydrogen-bond donors (Lipinski definition) is 2. The molecule has 1 aromatic carbocycles. The standard InChI is InChI=1S/C26H34ClN3O6/c1-5-35-25-18(13-19(31)36-25)28-23(33)20-14-10-11-15(12-14)30(20)24(34)21(26(2,3)4)29-22(32)16-8-6-7-9-17(16)27/h6-9,14-15,18,20-21,25H,5,10-13H2,1-4H3,(H,28,33)(H,29,32)/t14-,15?,18?,20-,21+,25-/m0/s1. The number of ether oxygens (including phenoxy) is 2. The minimum Gasteiger partial charge on any atom is -0.433 e. The molecule has 1 aliphatic carbocycles. The monoisotopic (exact) mass is 519 g/mol. The zero-order valence-electron chi connectivity index (χ0n) is 21.1. The summed E-state index contributed by atoms with van der Waals surface area (Å²) in [7, 11) is 0. The highest BCUT2D eigenvalue weighted by molar-refractivity contribution is 6.33. The number of hydrogen-bond acceptors (Lipinski definition) is 6. The molecule has 3 fully saturated rings. The quantitative estimate of drug-likeness (QED) is 0.535. The molecule has 0 spiro atoms. The number of nitrogens with zero attached hydrogens (tertiary/aromatic N) is 1. The number of amides is 3. The van der Waals surface area contributed by atoms with Crippen LogP contribution in [0.15, 0.2) is 24.3 Å². The van der Waals surface area contributed by atoms with Crippen molar-refractivity contribution >= 4 is 35.3 Å². The fraction of sp³-hybridized carbons (Fsp3) is 0.615. The lowest BCUT2D eigenvalue weighted by atomic mass is 9.84. The third-order valence-corrected chi connectivity index (χ3v) is 7.57. The molecule has 9 nitrogen and oxygen atoms in total. The third kappa shape index (κ3) is 5.22. The van der Waals surface area contributed by atoms with Crippen LogP contribution in [0.3, 0.4) is 0 Å². The van der Waals surface area contributed by atoms with Crippen LogP contribution in [0.2, 0.25) is 5.02 Å². The van der Waals surface area contributed by atoms with Crippen molar-refractivity contribution in [1.29, 1.82) is 0 Å². The third-order valence-electron chi connectivity index (χ3n) is 7.24. The minimum atomic E-state index is -0.872. The Hall–Kier alpha value is -2.65. The second-order valence-electron chi connectivity index (χ2n) is 10.8. The van der Waals surface area contributed by atoms with Crippen LogP contribution in [0.25, 0.3) is 0 Å². The first-order valence-corrected chi connectivity index (χ1v) is 12.9. The Kier molecular flexibility index (Phi) is 7.61. The highest BCUT2D eigenvalue weighted by Crippen LogP contribution is 2.44. The van der Waals surface area contributed by atoms with Gasteiger partial charge in [-0.25, -0.2) is 0 Å². The first kappa shape index (κ1) is 26.4. The van der Waals surface area contributed by atoms with E-state index in [9.17, 15) is 19.2 Å². The average molecular weight is 520 g/mol. The van der Waals surface area contributed by atoms with Crippen LogP contribution < -0.4 is 10.6 Å². The molecule has 6 atom stereocenters. The molecule has 2 bridgehead atoms. The van der Waals surface area contributed by atoms with Gasteiger partial charge >= 0.3 is 5.97 Å². The molecule has 1 saturated carbocycles. The van der Waals surface area contributed by atoms with Crippen molar-refractivity contribution in [2.45, 2.75) is 83.8 Å². The summed E-state index contributed by atoms with van der Waals surface area (Å²) in [5, 5.41) is 6.08. The molecule has 0 radical (unpaired) electrons. The fourth-order valence-corrected chi connectivity index (χ4v) is 5.75. The summed E-state index contributed by atoms with van der Waals surface area (Å²) in [6.45, 7) is 7.74. The first-order valence-electron chi connectivity index (χ1n) is 12.5. The maximum Gasteiger partial charge on any atom is 0.310 e. The van der Waals surface area contributed by atoms with Gasteiger partial charge in [0.25, 0.3) is 5.91 Å². The predicted octanol–water partition coefficient (Wildman–Crippen LogP) is 2.66. The molecule has 36 heavy (non-hydrogen) atoms. The molecule has 10 heteroatoms. The summed E-state index contributed by atoms with van der Waals surface area (Å²) in [6, 6.07) is 4.42. The lowest BCUT2D eigenvalue weighted by molar-refractivity contribution is -0.165. The predicted molar refractivity (Wildman–Crippen MR) is 132 cm³/mol. The summed E-state index contributed by atoms with van der Waals surface area (Å²) in [6.07, 6.45) is 1.56. The second-order valence-corrected chi connectivity index (χ2v) is 11.2. The number of carbonyl (C=O) groups is 4. The number of carbonyl (C=O) groups excluding carboxylic acids is 4. The van der Waals surface area contributed by atoms with Crippen LogP contribution >= 0.6 is 11.6 Å². The van der Waals surface area contributed by atoms with Gasteiger partial charge in [-0.1, -0.05) is 44.5 Å². The molecule has 3 aliphatic rings. The van der Waals surface area contributed by atoms with Crippen molar-refractivity contribution in [3.8, 4) is 0 Å². The van der Waals surface area contributed by atoms with Gasteiger partial charge in [-0.2, -0.15) is 0 Å². The lowest BCUT2D eigenvalue weighted by Crippen LogP contribution is -2.62. The number of benzene rings is 1. The van der Waals surface area contributed by atoms with E-state index in [-0.39, 0.29) is 35.8 Å². The van der Waals surface area contributed by atoms with Gasteiger partial charge in [-0.3, -0.25) is 19.2 Å². The van der Waals surface area contributed by atoms with E-state index in [1.807, 2.05) is 20.8 Å². The number of piperidine rings is 1. The van der Waals surface area contributed by atoms with E-state index < -0.39 is 41.7 Å². The maximum absolute atomic E-state index is 14.0. The highest BCUT2D eigenvalue weighted by atomic mass is 35.5. The van der Waals surface area contributed by atoms with E-state index in [2.05, 4.69) is 10.6 Å². The SMILES string of the molecule is CCO[C@H]1OC(=O)CC1NC(=O)[C@@H]1[C@H]2CCC(C2)N1C(=O)[C@@H](NC(=O)c1ccccc1Cl)C(C)(C)C. The number of nitrogens with one attached hydrogen (secondary N) is 2. The Morgan fingerprint density at radius 3 is 2.61 bits per heavy atom. The Labute approximate surface area is 216 Å². The van der Waals surface area contributed by atoms with Gasteiger partial charge in [0.1, 0.15) is 18.1 Å². The van der Waals surface area contributed by atoms with Gasteiger partial charge in [0.05, 0.1) is 17.0 Å². The lowest BCUT2D eigenvalue weighted by Gasteiger charge is -2.40. The summed E-state index contributed by atoms with van der Waals surface area (Å²) in [4.78, 5) is 54.0. The summed E-state index contributed by atoms with van der Waals surface area (Å²) >= 11 is 6.21. The number of halogens is 1. The molecule has 2 saturated heterocycles. The molecule has 4 rings (SSSR count). The molecule has 2 unspecified atom stereocenters. The summed E-state index contributed by atoms with van der Waals surface area (Å²) in [5.74, 6) is -1.48. The van der Waals surface area contributed by atoms with Crippen molar-refractivity contribution in [2.24, 2.45) is 11.3 Å². The van der Waals surface area contributed by atoms with Crippen molar-refractivity contribution in [1.82, 2.24) is 15.5 Å². The van der Waals surface area contributed by atoms with Crippen LogP contribution in [-0.4, -0.2) is 65.7 Å². The van der Waals surface area contributed by atoms with Gasteiger partial charge in [-0.05, 0) is 49.7 Å². The zero-order chi connectivity index (χ0) is 26.2. The smallest absolute Gasteiger partial charge is 0.310 e. The van der Waals surface area contributed by atoms with Gasteiger partial charge in [-0.15, -0.1) is 0 Å². The number of rotatable bonds is 7. The molecule has 3 amide bonds. The van der Waals surface area contributed by atoms with Crippen LogP contribution in [0, 0.1) is 11.3 Å². The van der Waals surface area contributed by atoms with Crippen molar-refractivity contribution in [3.63, 3.8) is 0 Å². The number of fused-ring (bicyclic) bond motifs is 2. The number of esters is 1. The zero-order valence-corrected chi connectivity index (χ0v) is 21.8. The van der Waals surface area contributed by atoms with E-state index in [0.717, 1.165) is 19.3 Å². The molecular formula is C26H34ClN3O6. The van der Waals surface area contributed by atoms with Gasteiger partial charge in [0.2, 0.25) is 18.1 Å². The molecule has 2 heterocycles. The van der Waals surface area contributed by atoms with Gasteiger partial charge in [0.15, 0.2) is 0 Å². The van der Waals surface area contributed by atoms with E-state index in [1.165, 1.54) is 0 Å². The van der Waals surface area contributed by atoms with Crippen LogP contribution in [-0.2, 0) is 23.9 Å². The minimum absolute atomic E-state index is 0.0161. The van der Waals surface area contributed by atoms with E-state index >= 15 is 0 Å². The molecule has 2 aliphatic heterocycles. The Morgan fingerprint density at radius 1 is 1.22 bits per heavy atom. The molecule has 196 valence electrons. The van der Waals surface area contributed by atoms with Crippen molar-refractivity contribution < 1.29 is 28.7 Å². The Morgan fingerprint density at radius 2 is 1.94 bits per heavy atom. The number of cyclic esters (lactones) is 1. The van der Waals surface area contributed by atoms with E-state index in [4.69, 9.17) is 21.1 Å². The summed E-state index contributed by atoms with van der Waals surface area (Å²) < 4.78 is 10.6. The first-order chi connectivity index (χ1) is 17.0. The van der Waals surface area contributed by atoms with Gasteiger partial charge in [0, 0.05) is 12.6 Å². The maximum atomic E-state index is 14.0. The molecule has 2 N–H and O–H groups in total. The normalized spacial score (nSPS) is 28.1. The topological polar surface area (TPSA) is 114 Å². The van der Waals surface area contributed by atoms with Crippen LogP contribution in [0.1, 0.15) is 63.7 Å². The van der Waals surface area contributed by atoms with Gasteiger partial charge < -0.3 is 25.0 Å². The average Bonchev–Trinajstić information content (AvgIpc) is 3.51. The number of likely N-dealkylation sites (tertiary alicyclic amines) is 1. The Balaban J connectivity index is 1.55. The van der Waals surface area contributed by atoms with Crippen molar-refractivity contribution in [3.05, 3.63) is 34.9 Å². The van der Waals surface area contributed by atoms with E-state index in [1.54, 1.807) is 36.1 Å². The largest absolute Gasteiger partial charge is 0.433 e. The Bertz CT molecular complexity index is 1040. The molecular weight excluding hydrogens is 486 g/mol. The highest BCUT2D eigenvalue weighted by Gasteiger charge is 2.54. The summed E-state index contributed by atoms with van der Waals surface area (Å²) in [5.41, 5.74) is -0.339. The van der Waals surface area contributed by atoms with Crippen LogP contribution in [0.4, 0.5) is 0 Å². The molecule has 0 aromatic heterocycles.